The van der Waals surface area contributed by atoms with Crippen LogP contribution in [0.5, 0.6) is 0 Å². The molecule has 27 heavy (non-hydrogen) atoms. The fourth-order valence-corrected chi connectivity index (χ4v) is 3.75. The van der Waals surface area contributed by atoms with Crippen molar-refractivity contribution < 1.29 is 14.1 Å². The number of rotatable bonds is 7. The van der Waals surface area contributed by atoms with Gasteiger partial charge < -0.3 is 9.26 Å². The summed E-state index contributed by atoms with van der Waals surface area (Å²) in [5.41, 5.74) is 5.66. The molecule has 7 nitrogen and oxygen atoms in total. The molecular formula is C19H26N4O3S. The van der Waals surface area contributed by atoms with Crippen LogP contribution in [0.1, 0.15) is 57.2 Å². The van der Waals surface area contributed by atoms with Gasteiger partial charge in [-0.15, -0.1) is 11.3 Å². The Morgan fingerprint density at radius 2 is 2.07 bits per heavy atom. The van der Waals surface area contributed by atoms with Crippen LogP contribution >= 0.6 is 11.3 Å². The number of aromatic nitrogens is 2. The van der Waals surface area contributed by atoms with E-state index >= 15 is 0 Å². The average Bonchev–Trinajstić information content (AvgIpc) is 3.21. The maximum Gasteiger partial charge on any atom is 0.277 e. The summed E-state index contributed by atoms with van der Waals surface area (Å²) in [6.45, 7) is 8.59. The summed E-state index contributed by atoms with van der Waals surface area (Å²) in [6.07, 6.45) is 7.01. The Morgan fingerprint density at radius 1 is 1.30 bits per heavy atom. The van der Waals surface area contributed by atoms with Gasteiger partial charge >= 0.3 is 0 Å². The zero-order chi connectivity index (χ0) is 19.2. The van der Waals surface area contributed by atoms with Crippen LogP contribution < -0.4 is 5.43 Å². The number of hydrogen-bond donors (Lipinski definition) is 1. The van der Waals surface area contributed by atoms with E-state index in [-0.39, 0.29) is 5.91 Å². The van der Waals surface area contributed by atoms with Crippen molar-refractivity contribution in [1.29, 1.82) is 0 Å². The molecular weight excluding hydrogens is 364 g/mol. The average molecular weight is 391 g/mol. The lowest BCUT2D eigenvalue weighted by Gasteiger charge is -2.26. The monoisotopic (exact) mass is 390 g/mol. The highest BCUT2D eigenvalue weighted by Gasteiger charge is 2.19. The van der Waals surface area contributed by atoms with Gasteiger partial charge in [0.1, 0.15) is 15.6 Å². The Hall–Kier alpha value is -2.03. The molecule has 3 rings (SSSR count). The highest BCUT2D eigenvalue weighted by atomic mass is 32.1. The number of morpholine rings is 1. The van der Waals surface area contributed by atoms with Gasteiger partial charge in [0.2, 0.25) is 0 Å². The van der Waals surface area contributed by atoms with Crippen LogP contribution in [0.2, 0.25) is 0 Å². The molecule has 0 radical (unpaired) electrons. The van der Waals surface area contributed by atoms with Crippen LogP contribution in [0.4, 0.5) is 0 Å². The molecule has 1 saturated heterocycles. The van der Waals surface area contributed by atoms with Gasteiger partial charge in [-0.05, 0) is 38.8 Å². The number of unbranched alkanes of at least 4 members (excludes halogenated alkanes) is 1. The second-order valence-electron chi connectivity index (χ2n) is 6.54. The zero-order valence-electron chi connectivity index (χ0n) is 16.1. The van der Waals surface area contributed by atoms with E-state index in [9.17, 15) is 4.79 Å². The summed E-state index contributed by atoms with van der Waals surface area (Å²) in [7, 11) is 0. The lowest BCUT2D eigenvalue weighted by molar-refractivity contribution is 0.0127. The molecule has 0 spiro atoms. The number of amides is 1. The first-order valence-electron chi connectivity index (χ1n) is 9.32. The zero-order valence-corrected chi connectivity index (χ0v) is 16.9. The molecule has 1 fully saturated rings. The van der Waals surface area contributed by atoms with Crippen LogP contribution in [0.3, 0.4) is 0 Å². The molecule has 2 aromatic heterocycles. The van der Waals surface area contributed by atoms with Crippen LogP contribution in [0.25, 0.3) is 12.2 Å². The molecule has 146 valence electrons. The van der Waals surface area contributed by atoms with Gasteiger partial charge in [0, 0.05) is 18.7 Å². The highest BCUT2D eigenvalue weighted by molar-refractivity contribution is 7.14. The van der Waals surface area contributed by atoms with Gasteiger partial charge in [-0.25, -0.2) is 9.99 Å². The highest BCUT2D eigenvalue weighted by Crippen LogP contribution is 2.23. The maximum atomic E-state index is 12.5. The minimum absolute atomic E-state index is 0.114. The summed E-state index contributed by atoms with van der Waals surface area (Å²) in [5, 5.41) is 6.84. The van der Waals surface area contributed by atoms with Crippen molar-refractivity contribution in [2.75, 3.05) is 26.3 Å². The fraction of sp³-hybridized carbons (Fsp3) is 0.526. The van der Waals surface area contributed by atoms with Crippen molar-refractivity contribution in [3.05, 3.63) is 32.6 Å². The third kappa shape index (κ3) is 5.03. The van der Waals surface area contributed by atoms with Gasteiger partial charge in [-0.1, -0.05) is 18.5 Å². The number of thiazole rings is 1. The smallest absolute Gasteiger partial charge is 0.277 e. The minimum atomic E-state index is -0.114. The third-order valence-corrected chi connectivity index (χ3v) is 5.55. The second-order valence-corrected chi connectivity index (χ2v) is 7.57. The number of carbonyl (C=O) groups excluding carboxylic acids is 1. The van der Waals surface area contributed by atoms with Crippen molar-refractivity contribution >= 4 is 29.4 Å². The molecule has 0 atom stereocenters. The maximum absolute atomic E-state index is 12.5. The predicted molar refractivity (Wildman–Crippen MR) is 105 cm³/mol. The summed E-state index contributed by atoms with van der Waals surface area (Å²) < 4.78 is 10.6. The number of hydrogen-bond acceptors (Lipinski definition) is 7. The van der Waals surface area contributed by atoms with Crippen molar-refractivity contribution in [2.24, 2.45) is 0 Å². The number of ether oxygens (including phenoxy) is 1. The summed E-state index contributed by atoms with van der Waals surface area (Å²) in [5.74, 6) is 0.687. The van der Waals surface area contributed by atoms with Gasteiger partial charge in [0.25, 0.3) is 5.91 Å². The SMILES string of the molecule is CCCCc1noc(C)c1/C=C/c1nc(C)c(C(=O)NN2CCOCC2)s1. The van der Waals surface area contributed by atoms with Gasteiger partial charge in [0.15, 0.2) is 0 Å². The van der Waals surface area contributed by atoms with Gasteiger partial charge in [-0.3, -0.25) is 10.2 Å². The van der Waals surface area contributed by atoms with Crippen molar-refractivity contribution in [1.82, 2.24) is 20.6 Å². The predicted octanol–water partition coefficient (Wildman–Crippen LogP) is 3.24. The molecule has 8 heteroatoms. The van der Waals surface area contributed by atoms with Crippen LogP contribution in [-0.2, 0) is 11.2 Å². The molecule has 0 aliphatic carbocycles. The second kappa shape index (κ2) is 9.25. The molecule has 1 N–H and O–H groups in total. The topological polar surface area (TPSA) is 80.5 Å². The van der Waals surface area contributed by atoms with E-state index < -0.39 is 0 Å². The molecule has 3 heterocycles. The van der Waals surface area contributed by atoms with Gasteiger partial charge in [0.05, 0.1) is 24.6 Å². The summed E-state index contributed by atoms with van der Waals surface area (Å²) in [4.78, 5) is 17.7. The molecule has 0 unspecified atom stereocenters. The van der Waals surface area contributed by atoms with Crippen molar-refractivity contribution in [3.63, 3.8) is 0 Å². The molecule has 2 aromatic rings. The lowest BCUT2D eigenvalue weighted by atomic mass is 10.1. The molecule has 1 amide bonds. The van der Waals surface area contributed by atoms with Crippen molar-refractivity contribution in [2.45, 2.75) is 40.0 Å². The van der Waals surface area contributed by atoms with E-state index in [1.165, 1.54) is 11.3 Å². The van der Waals surface area contributed by atoms with Crippen LogP contribution in [0.15, 0.2) is 4.52 Å². The van der Waals surface area contributed by atoms with Gasteiger partial charge in [-0.2, -0.15) is 0 Å². The van der Waals surface area contributed by atoms with Crippen LogP contribution in [-0.4, -0.2) is 47.4 Å². The number of carbonyl (C=O) groups is 1. The normalized spacial score (nSPS) is 15.5. The Kier molecular flexibility index (Phi) is 6.76. The molecule has 1 aliphatic rings. The molecule has 0 aromatic carbocycles. The van der Waals surface area contributed by atoms with E-state index in [2.05, 4.69) is 22.5 Å². The Morgan fingerprint density at radius 3 is 2.81 bits per heavy atom. The quantitative estimate of drug-likeness (QED) is 0.782. The minimum Gasteiger partial charge on any atom is -0.379 e. The number of nitrogens with one attached hydrogen (secondary N) is 1. The van der Waals surface area contributed by atoms with Crippen molar-refractivity contribution in [3.8, 4) is 0 Å². The number of nitrogens with zero attached hydrogens (tertiary/aromatic N) is 3. The third-order valence-electron chi connectivity index (χ3n) is 4.43. The fourth-order valence-electron chi connectivity index (χ4n) is 2.89. The van der Waals surface area contributed by atoms with E-state index in [1.54, 1.807) is 0 Å². The standard InChI is InChI=1S/C19H26N4O3S/c1-4-5-6-16-15(14(3)26-22-16)7-8-17-20-13(2)18(27-17)19(24)21-23-9-11-25-12-10-23/h7-8H,4-6,9-12H2,1-3H3,(H,21,24)/b8-7+. The molecule has 0 bridgehead atoms. The first-order chi connectivity index (χ1) is 13.1. The Bertz CT molecular complexity index is 806. The number of aryl methyl sites for hydroxylation is 3. The first-order valence-corrected chi connectivity index (χ1v) is 10.1. The summed E-state index contributed by atoms with van der Waals surface area (Å²) in [6, 6.07) is 0. The van der Waals surface area contributed by atoms with E-state index in [1.807, 2.05) is 31.0 Å². The Balaban J connectivity index is 1.70. The Labute approximate surface area is 163 Å². The largest absolute Gasteiger partial charge is 0.379 e. The van der Waals surface area contributed by atoms with Crippen LogP contribution in [0, 0.1) is 13.8 Å². The van der Waals surface area contributed by atoms with E-state index in [0.717, 1.165) is 47.0 Å². The number of hydrazine groups is 1. The first kappa shape index (κ1) is 19.7. The van der Waals surface area contributed by atoms with E-state index in [4.69, 9.17) is 9.26 Å². The lowest BCUT2D eigenvalue weighted by Crippen LogP contribution is -2.48. The summed E-state index contributed by atoms with van der Waals surface area (Å²) >= 11 is 1.39. The molecule has 1 aliphatic heterocycles. The molecule has 0 saturated carbocycles. The van der Waals surface area contributed by atoms with E-state index in [0.29, 0.717) is 31.2 Å².